The Hall–Kier alpha value is -2.09. The van der Waals surface area contributed by atoms with E-state index in [2.05, 4.69) is 20.8 Å². The maximum Gasteiger partial charge on any atom is 0.237 e. The standard InChI is InChI=1S/C16H21N5O2S/c1-11(15(22)17-13-9-5-6-10-14(13)23-2)24-16-18-19-20-21(16)12-7-3-4-8-12/h5-6,9-12H,3-4,7-8H2,1-2H3,(H,17,22). The van der Waals surface area contributed by atoms with Crippen LogP contribution in [0.2, 0.25) is 0 Å². The number of benzene rings is 1. The molecule has 0 bridgehead atoms. The molecular weight excluding hydrogens is 326 g/mol. The second-order valence-corrected chi connectivity index (χ2v) is 7.10. The van der Waals surface area contributed by atoms with Gasteiger partial charge in [0.1, 0.15) is 5.75 Å². The van der Waals surface area contributed by atoms with E-state index in [0.29, 0.717) is 22.6 Å². The van der Waals surface area contributed by atoms with Gasteiger partial charge in [-0.3, -0.25) is 4.79 Å². The molecule has 1 aliphatic rings. The number of methoxy groups -OCH3 is 1. The minimum atomic E-state index is -0.318. The second-order valence-electron chi connectivity index (χ2n) is 5.79. The van der Waals surface area contributed by atoms with Crippen LogP contribution < -0.4 is 10.1 Å². The summed E-state index contributed by atoms with van der Waals surface area (Å²) in [6, 6.07) is 7.70. The lowest BCUT2D eigenvalue weighted by molar-refractivity contribution is -0.115. The molecule has 8 heteroatoms. The van der Waals surface area contributed by atoms with Gasteiger partial charge in [0, 0.05) is 0 Å². The largest absolute Gasteiger partial charge is 0.495 e. The van der Waals surface area contributed by atoms with Gasteiger partial charge in [-0.2, -0.15) is 0 Å². The van der Waals surface area contributed by atoms with Gasteiger partial charge in [-0.15, -0.1) is 5.10 Å². The summed E-state index contributed by atoms with van der Waals surface area (Å²) in [6.45, 7) is 1.85. The third-order valence-corrected chi connectivity index (χ3v) is 5.20. The van der Waals surface area contributed by atoms with Crippen LogP contribution in [0.5, 0.6) is 5.75 Å². The maximum absolute atomic E-state index is 12.5. The van der Waals surface area contributed by atoms with E-state index in [1.165, 1.54) is 24.6 Å². The molecule has 1 aromatic carbocycles. The fourth-order valence-electron chi connectivity index (χ4n) is 2.83. The Bertz CT molecular complexity index is 699. The minimum absolute atomic E-state index is 0.106. The number of thioether (sulfide) groups is 1. The molecular formula is C16H21N5O2S. The molecule has 1 aromatic heterocycles. The lowest BCUT2D eigenvalue weighted by Gasteiger charge is -2.15. The Morgan fingerprint density at radius 3 is 2.88 bits per heavy atom. The van der Waals surface area contributed by atoms with Crippen LogP contribution >= 0.6 is 11.8 Å². The maximum atomic E-state index is 12.5. The van der Waals surface area contributed by atoms with Crippen molar-refractivity contribution in [3.8, 4) is 5.75 Å². The number of carbonyl (C=O) groups is 1. The van der Waals surface area contributed by atoms with Gasteiger partial charge in [0.05, 0.1) is 24.1 Å². The summed E-state index contributed by atoms with van der Waals surface area (Å²) in [6.07, 6.45) is 4.61. The topological polar surface area (TPSA) is 81.9 Å². The number of amides is 1. The summed E-state index contributed by atoms with van der Waals surface area (Å²) < 4.78 is 7.13. The number of anilines is 1. The first-order valence-electron chi connectivity index (χ1n) is 8.07. The highest BCUT2D eigenvalue weighted by Crippen LogP contribution is 2.33. The summed E-state index contributed by atoms with van der Waals surface area (Å²) in [5.41, 5.74) is 0.660. The molecule has 3 rings (SSSR count). The van der Waals surface area contributed by atoms with E-state index in [4.69, 9.17) is 4.74 Å². The Balaban J connectivity index is 1.65. The number of rotatable bonds is 6. The van der Waals surface area contributed by atoms with Crippen molar-refractivity contribution in [1.82, 2.24) is 20.2 Å². The molecule has 7 nitrogen and oxygen atoms in total. The van der Waals surface area contributed by atoms with Crippen molar-refractivity contribution >= 4 is 23.4 Å². The predicted molar refractivity (Wildman–Crippen MR) is 92.3 cm³/mol. The number of tetrazole rings is 1. The summed E-state index contributed by atoms with van der Waals surface area (Å²) in [7, 11) is 1.58. The van der Waals surface area contributed by atoms with Crippen molar-refractivity contribution in [3.63, 3.8) is 0 Å². The first-order valence-corrected chi connectivity index (χ1v) is 8.95. The number of aromatic nitrogens is 4. The van der Waals surface area contributed by atoms with Gasteiger partial charge in [0.15, 0.2) is 0 Å². The number of carbonyl (C=O) groups excluding carboxylic acids is 1. The Morgan fingerprint density at radius 2 is 2.12 bits per heavy atom. The van der Waals surface area contributed by atoms with Crippen molar-refractivity contribution in [2.24, 2.45) is 0 Å². The normalized spacial score (nSPS) is 16.1. The van der Waals surface area contributed by atoms with Gasteiger partial charge in [0.2, 0.25) is 11.1 Å². The van der Waals surface area contributed by atoms with Crippen LogP contribution in [0.3, 0.4) is 0 Å². The van der Waals surface area contributed by atoms with Gasteiger partial charge in [-0.25, -0.2) is 4.68 Å². The predicted octanol–water partition coefficient (Wildman–Crippen LogP) is 2.92. The summed E-state index contributed by atoms with van der Waals surface area (Å²) in [5.74, 6) is 0.532. The molecule has 24 heavy (non-hydrogen) atoms. The van der Waals surface area contributed by atoms with E-state index < -0.39 is 0 Å². The smallest absolute Gasteiger partial charge is 0.237 e. The quantitative estimate of drug-likeness (QED) is 0.809. The lowest BCUT2D eigenvalue weighted by Crippen LogP contribution is -2.23. The molecule has 1 aliphatic carbocycles. The zero-order valence-electron chi connectivity index (χ0n) is 13.8. The van der Waals surface area contributed by atoms with Gasteiger partial charge in [-0.1, -0.05) is 36.7 Å². The average molecular weight is 347 g/mol. The van der Waals surface area contributed by atoms with Crippen molar-refractivity contribution in [1.29, 1.82) is 0 Å². The van der Waals surface area contributed by atoms with Crippen LogP contribution in [0.1, 0.15) is 38.6 Å². The Kier molecular flexibility index (Phi) is 5.34. The van der Waals surface area contributed by atoms with Crippen LogP contribution in [-0.4, -0.2) is 38.5 Å². The van der Waals surface area contributed by atoms with E-state index in [-0.39, 0.29) is 11.2 Å². The summed E-state index contributed by atoms with van der Waals surface area (Å²) in [5, 5.41) is 15.3. The van der Waals surface area contributed by atoms with Gasteiger partial charge < -0.3 is 10.1 Å². The molecule has 1 fully saturated rings. The first-order chi connectivity index (χ1) is 11.7. The van der Waals surface area contributed by atoms with Crippen LogP contribution in [0.4, 0.5) is 5.69 Å². The third kappa shape index (κ3) is 3.69. The SMILES string of the molecule is COc1ccccc1NC(=O)C(C)Sc1nnnn1C1CCCC1. The van der Waals surface area contributed by atoms with E-state index in [1.807, 2.05) is 35.9 Å². The molecule has 0 radical (unpaired) electrons. The summed E-state index contributed by atoms with van der Waals surface area (Å²) in [4.78, 5) is 12.5. The molecule has 1 heterocycles. The second kappa shape index (κ2) is 7.65. The molecule has 1 saturated carbocycles. The number of nitrogens with zero attached hydrogens (tertiary/aromatic N) is 4. The van der Waals surface area contributed by atoms with Crippen molar-refractivity contribution < 1.29 is 9.53 Å². The molecule has 0 spiro atoms. The lowest BCUT2D eigenvalue weighted by atomic mass is 10.3. The molecule has 0 aliphatic heterocycles. The van der Waals surface area contributed by atoms with E-state index in [0.717, 1.165) is 12.8 Å². The number of hydrogen-bond acceptors (Lipinski definition) is 6. The fraction of sp³-hybridized carbons (Fsp3) is 0.500. The molecule has 2 aromatic rings. The average Bonchev–Trinajstić information content (AvgIpc) is 3.26. The highest BCUT2D eigenvalue weighted by atomic mass is 32.2. The molecule has 1 unspecified atom stereocenters. The van der Waals surface area contributed by atoms with Crippen molar-refractivity contribution in [2.45, 2.75) is 49.1 Å². The zero-order chi connectivity index (χ0) is 16.9. The van der Waals surface area contributed by atoms with Crippen molar-refractivity contribution in [2.75, 3.05) is 12.4 Å². The zero-order valence-corrected chi connectivity index (χ0v) is 14.6. The van der Waals surface area contributed by atoms with E-state index in [1.54, 1.807) is 7.11 Å². The number of para-hydroxylation sites is 2. The number of nitrogens with one attached hydrogen (secondary N) is 1. The summed E-state index contributed by atoms with van der Waals surface area (Å²) >= 11 is 1.38. The van der Waals surface area contributed by atoms with Crippen LogP contribution in [0.15, 0.2) is 29.4 Å². The molecule has 0 saturated heterocycles. The van der Waals surface area contributed by atoms with Crippen LogP contribution in [-0.2, 0) is 4.79 Å². The highest BCUT2D eigenvalue weighted by Gasteiger charge is 2.25. The van der Waals surface area contributed by atoms with Gasteiger partial charge >= 0.3 is 0 Å². The fourth-order valence-corrected chi connectivity index (χ4v) is 3.69. The molecule has 1 atom stereocenters. The van der Waals surface area contributed by atoms with Crippen LogP contribution in [0, 0.1) is 0 Å². The van der Waals surface area contributed by atoms with Gasteiger partial charge in [-0.05, 0) is 42.3 Å². The molecule has 1 N–H and O–H groups in total. The van der Waals surface area contributed by atoms with Crippen molar-refractivity contribution in [3.05, 3.63) is 24.3 Å². The number of ether oxygens (including phenoxy) is 1. The molecule has 128 valence electrons. The van der Waals surface area contributed by atoms with E-state index >= 15 is 0 Å². The van der Waals surface area contributed by atoms with Crippen LogP contribution in [0.25, 0.3) is 0 Å². The number of hydrogen-bond donors (Lipinski definition) is 1. The van der Waals surface area contributed by atoms with Gasteiger partial charge in [0.25, 0.3) is 0 Å². The highest BCUT2D eigenvalue weighted by molar-refractivity contribution is 8.00. The minimum Gasteiger partial charge on any atom is -0.495 e. The molecule has 1 amide bonds. The Labute approximate surface area is 145 Å². The monoisotopic (exact) mass is 347 g/mol. The first kappa shape index (κ1) is 16.8. The Morgan fingerprint density at radius 1 is 1.38 bits per heavy atom. The van der Waals surface area contributed by atoms with E-state index in [9.17, 15) is 4.79 Å². The third-order valence-electron chi connectivity index (χ3n) is 4.15.